The van der Waals surface area contributed by atoms with Crippen LogP contribution in [0.5, 0.6) is 5.88 Å². The molecule has 0 spiro atoms. The summed E-state index contributed by atoms with van der Waals surface area (Å²) in [5.41, 5.74) is -12.4. The van der Waals surface area contributed by atoms with Crippen molar-refractivity contribution < 1.29 is 79.7 Å². The van der Waals surface area contributed by atoms with Crippen LogP contribution < -0.4 is 0 Å². The first kappa shape index (κ1) is 29.9. The van der Waals surface area contributed by atoms with Crippen molar-refractivity contribution in [1.82, 2.24) is 19.7 Å². The van der Waals surface area contributed by atoms with E-state index in [4.69, 9.17) is 0 Å². The second kappa shape index (κ2) is 9.51. The van der Waals surface area contributed by atoms with Gasteiger partial charge in [0.1, 0.15) is 22.6 Å². The minimum absolute atomic E-state index is 0. The Morgan fingerprint density at radius 3 is 1.76 bits per heavy atom. The Balaban J connectivity index is 0.00000481. The molecule has 6 nitrogen and oxygen atoms in total. The number of halogens is 12. The summed E-state index contributed by atoms with van der Waals surface area (Å²) in [5, 5.41) is 13.4. The van der Waals surface area contributed by atoms with E-state index < -0.39 is 92.0 Å². The second-order valence-electron chi connectivity index (χ2n) is 6.87. The molecular weight excluding hydrogens is 596 g/mol. The van der Waals surface area contributed by atoms with Gasteiger partial charge in [0.2, 0.25) is 17.5 Å². The number of aromatic hydroxyl groups is 1. The van der Waals surface area contributed by atoms with Crippen molar-refractivity contribution in [1.29, 1.82) is 0 Å². The van der Waals surface area contributed by atoms with Gasteiger partial charge >= 0.3 is 18.5 Å². The van der Waals surface area contributed by atoms with Crippen LogP contribution in [0.1, 0.15) is 38.7 Å². The van der Waals surface area contributed by atoms with Gasteiger partial charge < -0.3 is 5.11 Å². The van der Waals surface area contributed by atoms with Gasteiger partial charge in [-0.05, 0) is 19.1 Å². The molecule has 0 saturated heterocycles. The Morgan fingerprint density at radius 1 is 0.838 bits per heavy atom. The Morgan fingerprint density at radius 2 is 1.32 bits per heavy atom. The third-order valence-corrected chi connectivity index (χ3v) is 4.43. The SMILES string of the molecule is Cc1nn(-c2c(F)c(F)nc(C(F)(F)F)c2F)c(O)c1C(=O)c1cc(C(F)(F)F)nc(C(F)(F)F)c1.[Cu]. The first-order chi connectivity index (χ1) is 16.2. The zero-order valence-corrected chi connectivity index (χ0v) is 18.1. The molecule has 1 radical (unpaired) electrons. The summed E-state index contributed by atoms with van der Waals surface area (Å²) < 4.78 is 159. The number of carbonyl (C=O) groups is 1. The van der Waals surface area contributed by atoms with Gasteiger partial charge in [0.25, 0.3) is 5.95 Å². The predicted octanol–water partition coefficient (Wildman–Crippen LogP) is 5.38. The van der Waals surface area contributed by atoms with E-state index in [1.807, 2.05) is 0 Å². The largest absolute Gasteiger partial charge is 0.493 e. The Labute approximate surface area is 206 Å². The van der Waals surface area contributed by atoms with Crippen LogP contribution in [-0.2, 0) is 35.6 Å². The Kier molecular flexibility index (Phi) is 7.68. The van der Waals surface area contributed by atoms with Crippen LogP contribution in [0.15, 0.2) is 12.1 Å². The number of hydrogen-bond donors (Lipinski definition) is 1. The number of carbonyl (C=O) groups excluding carboxylic acids is 1. The van der Waals surface area contributed by atoms with Crippen molar-refractivity contribution in [3.63, 3.8) is 0 Å². The normalized spacial score (nSPS) is 12.5. The first-order valence-corrected chi connectivity index (χ1v) is 8.87. The number of aromatic nitrogens is 4. The molecule has 3 aromatic heterocycles. The topological polar surface area (TPSA) is 80.9 Å². The quantitative estimate of drug-likeness (QED) is 0.189. The van der Waals surface area contributed by atoms with Crippen LogP contribution in [-0.4, -0.2) is 30.6 Å². The van der Waals surface area contributed by atoms with Crippen molar-refractivity contribution in [3.8, 4) is 11.6 Å². The van der Waals surface area contributed by atoms with E-state index >= 15 is 0 Å². The number of ketones is 1. The summed E-state index contributed by atoms with van der Waals surface area (Å²) in [6.45, 7) is 0.762. The minimum atomic E-state index is -5.68. The van der Waals surface area contributed by atoms with Crippen molar-refractivity contribution in [3.05, 3.63) is 63.6 Å². The molecule has 3 heterocycles. The molecule has 3 rings (SSSR count). The second-order valence-corrected chi connectivity index (χ2v) is 6.87. The van der Waals surface area contributed by atoms with Crippen LogP contribution in [0.25, 0.3) is 5.69 Å². The Hall–Kier alpha value is -3.34. The molecule has 37 heavy (non-hydrogen) atoms. The molecule has 0 aliphatic rings. The number of nitrogens with zero attached hydrogens (tertiary/aromatic N) is 4. The number of hydrogen-bond acceptors (Lipinski definition) is 5. The molecule has 0 saturated carbocycles. The van der Waals surface area contributed by atoms with Gasteiger partial charge in [0.15, 0.2) is 11.5 Å². The van der Waals surface area contributed by atoms with E-state index in [1.54, 1.807) is 0 Å². The standard InChI is InChI=1S/C18H6F12N4O2.Cu/c1-4-8(12(35)5-2-6(16(22,23)24)31-7(3-5)17(25,26)27)15(36)34(33-4)11-9(19)13(18(28,29)30)32-14(21)10(11)20;/h2-3,36H,1H3;. The summed E-state index contributed by atoms with van der Waals surface area (Å²) in [6.07, 6.45) is -16.6. The minimum Gasteiger partial charge on any atom is -0.493 e. The van der Waals surface area contributed by atoms with Gasteiger partial charge in [0, 0.05) is 22.6 Å². The number of rotatable bonds is 3. The molecule has 0 aliphatic heterocycles. The first-order valence-electron chi connectivity index (χ1n) is 8.87. The summed E-state index contributed by atoms with van der Waals surface area (Å²) in [6, 6.07) is -0.272. The molecule has 0 fully saturated rings. The zero-order chi connectivity index (χ0) is 27.5. The van der Waals surface area contributed by atoms with Gasteiger partial charge in [0.05, 0.1) is 5.69 Å². The van der Waals surface area contributed by atoms with Crippen molar-refractivity contribution in [2.45, 2.75) is 25.5 Å². The monoisotopic (exact) mass is 601 g/mol. The smallest absolute Gasteiger partial charge is 0.436 e. The molecule has 3 aromatic rings. The third-order valence-electron chi connectivity index (χ3n) is 4.43. The molecule has 205 valence electrons. The Bertz CT molecular complexity index is 1350. The number of aryl methyl sites for hydroxylation is 1. The van der Waals surface area contributed by atoms with E-state index in [2.05, 4.69) is 15.1 Å². The van der Waals surface area contributed by atoms with E-state index in [1.165, 1.54) is 0 Å². The number of pyridine rings is 2. The molecule has 0 aliphatic carbocycles. The van der Waals surface area contributed by atoms with Crippen molar-refractivity contribution in [2.75, 3.05) is 0 Å². The molecule has 0 amide bonds. The summed E-state index contributed by atoms with van der Waals surface area (Å²) in [4.78, 5) is 17.2. The maximum absolute atomic E-state index is 14.4. The van der Waals surface area contributed by atoms with Crippen LogP contribution in [0, 0.1) is 24.5 Å². The van der Waals surface area contributed by atoms with Gasteiger partial charge in [-0.1, -0.05) is 0 Å². The maximum atomic E-state index is 14.4. The summed E-state index contributed by atoms with van der Waals surface area (Å²) in [7, 11) is 0. The van der Waals surface area contributed by atoms with E-state index in [0.29, 0.717) is 0 Å². The fraction of sp³-hybridized carbons (Fsp3) is 0.222. The molecular formula is C18H6CuF12N4O2. The molecule has 0 unspecified atom stereocenters. The van der Waals surface area contributed by atoms with E-state index in [0.717, 1.165) is 6.92 Å². The third kappa shape index (κ3) is 5.51. The molecule has 0 atom stereocenters. The van der Waals surface area contributed by atoms with Crippen LogP contribution in [0.4, 0.5) is 52.7 Å². The molecule has 1 N–H and O–H groups in total. The van der Waals surface area contributed by atoms with E-state index in [-0.39, 0.29) is 29.2 Å². The van der Waals surface area contributed by atoms with Crippen LogP contribution >= 0.6 is 0 Å². The van der Waals surface area contributed by atoms with Crippen LogP contribution in [0.3, 0.4) is 0 Å². The van der Waals surface area contributed by atoms with Crippen molar-refractivity contribution >= 4 is 5.78 Å². The molecule has 0 bridgehead atoms. The summed E-state index contributed by atoms with van der Waals surface area (Å²) >= 11 is 0. The fourth-order valence-electron chi connectivity index (χ4n) is 2.91. The van der Waals surface area contributed by atoms with E-state index in [9.17, 15) is 62.6 Å². The van der Waals surface area contributed by atoms with Crippen LogP contribution in [0.2, 0.25) is 0 Å². The maximum Gasteiger partial charge on any atom is 0.436 e. The molecule has 0 aromatic carbocycles. The fourth-order valence-corrected chi connectivity index (χ4v) is 2.91. The zero-order valence-electron chi connectivity index (χ0n) is 17.1. The molecule has 19 heteroatoms. The summed E-state index contributed by atoms with van der Waals surface area (Å²) in [5.74, 6) is -11.1. The predicted molar refractivity (Wildman–Crippen MR) is 90.3 cm³/mol. The van der Waals surface area contributed by atoms with Gasteiger partial charge in [-0.15, -0.1) is 0 Å². The van der Waals surface area contributed by atoms with Gasteiger partial charge in [-0.2, -0.15) is 58.1 Å². The average Bonchev–Trinajstić information content (AvgIpc) is 3.01. The van der Waals surface area contributed by atoms with Gasteiger partial charge in [-0.25, -0.2) is 14.4 Å². The van der Waals surface area contributed by atoms with Crippen molar-refractivity contribution in [2.24, 2.45) is 0 Å². The average molecular weight is 602 g/mol. The number of alkyl halides is 9. The van der Waals surface area contributed by atoms with Gasteiger partial charge in [-0.3, -0.25) is 4.79 Å².